The van der Waals surface area contributed by atoms with E-state index in [2.05, 4.69) is 10.6 Å². The van der Waals surface area contributed by atoms with Gasteiger partial charge in [-0.15, -0.1) is 0 Å². The molecule has 1 heterocycles. The van der Waals surface area contributed by atoms with Crippen molar-refractivity contribution < 1.29 is 53.2 Å². The van der Waals surface area contributed by atoms with Crippen LogP contribution >= 0.6 is 7.60 Å². The number of amides is 3. The molecular formula is C26H50N3O11P. The summed E-state index contributed by atoms with van der Waals surface area (Å²) in [5.41, 5.74) is 0. The SMILES string of the molecule is CCCN(CCOP(C)(=O)O)C(=O)CCCCCNC(=O)CCCCCOC1OC(CO)C(O)C(O)C1NC(C)=O. The van der Waals surface area contributed by atoms with Gasteiger partial charge in [0.05, 0.1) is 13.2 Å². The van der Waals surface area contributed by atoms with Crippen LogP contribution in [0.3, 0.4) is 0 Å². The van der Waals surface area contributed by atoms with Crippen LogP contribution in [0.25, 0.3) is 0 Å². The third-order valence-electron chi connectivity index (χ3n) is 6.51. The molecule has 3 amide bonds. The van der Waals surface area contributed by atoms with Crippen molar-refractivity contribution in [3.63, 3.8) is 0 Å². The third-order valence-corrected chi connectivity index (χ3v) is 7.17. The van der Waals surface area contributed by atoms with Crippen molar-refractivity contribution in [1.82, 2.24) is 15.5 Å². The third kappa shape index (κ3) is 16.0. The van der Waals surface area contributed by atoms with Crippen LogP contribution in [0.2, 0.25) is 0 Å². The average molecular weight is 612 g/mol. The minimum Gasteiger partial charge on any atom is -0.394 e. The first-order valence-corrected chi connectivity index (χ1v) is 16.4. The molecule has 240 valence electrons. The van der Waals surface area contributed by atoms with Crippen LogP contribution < -0.4 is 10.6 Å². The van der Waals surface area contributed by atoms with Gasteiger partial charge in [-0.1, -0.05) is 19.8 Å². The molecule has 1 aliphatic heterocycles. The molecule has 1 aliphatic rings. The molecule has 0 saturated carbocycles. The summed E-state index contributed by atoms with van der Waals surface area (Å²) in [6.45, 7) is 5.45. The molecule has 0 radical (unpaired) electrons. The topological polar surface area (TPSA) is 204 Å². The summed E-state index contributed by atoms with van der Waals surface area (Å²) in [4.78, 5) is 46.8. The maximum atomic E-state index is 12.4. The number of carbonyl (C=O) groups is 3. The van der Waals surface area contributed by atoms with Crippen LogP contribution in [0.5, 0.6) is 0 Å². The van der Waals surface area contributed by atoms with E-state index in [4.69, 9.17) is 14.0 Å². The maximum absolute atomic E-state index is 12.4. The predicted octanol–water partition coefficient (Wildman–Crippen LogP) is 0.254. The summed E-state index contributed by atoms with van der Waals surface area (Å²) in [6.07, 6.45) is 0.903. The Labute approximate surface area is 242 Å². The van der Waals surface area contributed by atoms with Gasteiger partial charge in [0.25, 0.3) is 0 Å². The normalized spacial score (nSPS) is 23.9. The van der Waals surface area contributed by atoms with E-state index < -0.39 is 50.8 Å². The molecule has 6 unspecified atom stereocenters. The zero-order valence-electron chi connectivity index (χ0n) is 24.5. The lowest BCUT2D eigenvalue weighted by Crippen LogP contribution is -2.64. The Hall–Kier alpha value is -1.64. The molecule has 0 aromatic heterocycles. The Kier molecular flexibility index (Phi) is 18.5. The molecule has 0 bridgehead atoms. The molecule has 15 heteroatoms. The average Bonchev–Trinajstić information content (AvgIpc) is 2.90. The second-order valence-electron chi connectivity index (χ2n) is 10.3. The molecule has 0 aromatic rings. The number of hydrogen-bond donors (Lipinski definition) is 6. The minimum absolute atomic E-state index is 0.0171. The van der Waals surface area contributed by atoms with Gasteiger partial charge in [0.15, 0.2) is 6.29 Å². The highest BCUT2D eigenvalue weighted by Crippen LogP contribution is 2.36. The first-order chi connectivity index (χ1) is 19.4. The second kappa shape index (κ2) is 20.3. The van der Waals surface area contributed by atoms with Crippen LogP contribution in [0.15, 0.2) is 0 Å². The van der Waals surface area contributed by atoms with Gasteiger partial charge in [-0.25, -0.2) is 0 Å². The molecule has 1 saturated heterocycles. The van der Waals surface area contributed by atoms with E-state index >= 15 is 0 Å². The van der Waals surface area contributed by atoms with E-state index in [9.17, 15) is 39.2 Å². The molecule has 14 nitrogen and oxygen atoms in total. The van der Waals surface area contributed by atoms with Crippen molar-refractivity contribution in [2.24, 2.45) is 0 Å². The number of carbonyl (C=O) groups excluding carboxylic acids is 3. The Morgan fingerprint density at radius 3 is 2.29 bits per heavy atom. The van der Waals surface area contributed by atoms with Crippen LogP contribution in [-0.2, 0) is 32.9 Å². The molecule has 0 aliphatic carbocycles. The van der Waals surface area contributed by atoms with Crippen molar-refractivity contribution in [2.75, 3.05) is 46.1 Å². The number of ether oxygens (including phenoxy) is 2. The van der Waals surface area contributed by atoms with Crippen molar-refractivity contribution >= 4 is 25.3 Å². The molecule has 1 rings (SSSR count). The Bertz CT molecular complexity index is 828. The Morgan fingerprint density at radius 2 is 1.66 bits per heavy atom. The van der Waals surface area contributed by atoms with Gasteiger partial charge in [-0.2, -0.15) is 0 Å². The molecule has 6 atom stereocenters. The van der Waals surface area contributed by atoms with Gasteiger partial charge >= 0.3 is 7.60 Å². The lowest BCUT2D eigenvalue weighted by Gasteiger charge is -2.42. The molecule has 1 fully saturated rings. The zero-order valence-corrected chi connectivity index (χ0v) is 25.4. The monoisotopic (exact) mass is 611 g/mol. The standard InChI is InChI=1S/C26H50N3O11P/c1-4-14-29(15-17-39-41(3,36)37)22(33)12-8-5-9-13-27-21(32)11-7-6-10-16-38-26-23(28-19(2)31)25(35)24(34)20(18-30)40-26/h20,23-26,30,34-35H,4-18H2,1-3H3,(H,27,32)(H,28,31)(H,36,37). The summed E-state index contributed by atoms with van der Waals surface area (Å²) in [5, 5.41) is 35.1. The van der Waals surface area contributed by atoms with E-state index in [0.29, 0.717) is 51.6 Å². The number of unbranched alkanes of at least 4 members (excludes halogenated alkanes) is 4. The van der Waals surface area contributed by atoms with Gasteiger partial charge in [0.1, 0.15) is 24.4 Å². The fourth-order valence-electron chi connectivity index (χ4n) is 4.38. The molecule has 6 N–H and O–H groups in total. The number of aliphatic hydroxyl groups is 3. The van der Waals surface area contributed by atoms with Crippen molar-refractivity contribution in [1.29, 1.82) is 0 Å². The first kappa shape index (κ1) is 37.4. The smallest absolute Gasteiger partial charge is 0.325 e. The minimum atomic E-state index is -3.56. The number of rotatable bonds is 21. The quantitative estimate of drug-likeness (QED) is 0.0767. The predicted molar refractivity (Wildman–Crippen MR) is 150 cm³/mol. The first-order valence-electron chi connectivity index (χ1n) is 14.4. The summed E-state index contributed by atoms with van der Waals surface area (Å²) in [7, 11) is -3.56. The maximum Gasteiger partial charge on any atom is 0.325 e. The van der Waals surface area contributed by atoms with Gasteiger partial charge in [-0.05, 0) is 32.1 Å². The number of hydrogen-bond acceptors (Lipinski definition) is 10. The van der Waals surface area contributed by atoms with Crippen molar-refractivity contribution in [3.05, 3.63) is 0 Å². The highest BCUT2D eigenvalue weighted by molar-refractivity contribution is 7.51. The van der Waals surface area contributed by atoms with Crippen LogP contribution in [0.4, 0.5) is 0 Å². The van der Waals surface area contributed by atoms with Crippen LogP contribution in [-0.4, -0.2) is 120 Å². The lowest BCUT2D eigenvalue weighted by atomic mass is 9.97. The zero-order chi connectivity index (χ0) is 30.8. The van der Waals surface area contributed by atoms with Crippen LogP contribution in [0, 0.1) is 0 Å². The molecular weight excluding hydrogens is 561 g/mol. The summed E-state index contributed by atoms with van der Waals surface area (Å²) < 4.78 is 27.3. The van der Waals surface area contributed by atoms with Gasteiger partial charge in [0, 0.05) is 52.7 Å². The van der Waals surface area contributed by atoms with E-state index in [1.165, 1.54) is 6.92 Å². The fourth-order valence-corrected chi connectivity index (χ4v) is 4.80. The van der Waals surface area contributed by atoms with E-state index in [0.717, 1.165) is 25.9 Å². The molecule has 0 spiro atoms. The van der Waals surface area contributed by atoms with Gasteiger partial charge in [0.2, 0.25) is 17.7 Å². The molecule has 41 heavy (non-hydrogen) atoms. The highest BCUT2D eigenvalue weighted by atomic mass is 31.2. The summed E-state index contributed by atoms with van der Waals surface area (Å²) in [6, 6.07) is -0.978. The number of nitrogens with one attached hydrogen (secondary N) is 2. The van der Waals surface area contributed by atoms with Crippen LogP contribution in [0.1, 0.15) is 71.6 Å². The Balaban J connectivity index is 2.17. The van der Waals surface area contributed by atoms with Gasteiger partial charge < -0.3 is 49.7 Å². The van der Waals surface area contributed by atoms with Gasteiger partial charge in [-0.3, -0.25) is 18.9 Å². The largest absolute Gasteiger partial charge is 0.394 e. The van der Waals surface area contributed by atoms with Crippen molar-refractivity contribution in [2.45, 2.75) is 102 Å². The summed E-state index contributed by atoms with van der Waals surface area (Å²) >= 11 is 0. The Morgan fingerprint density at radius 1 is 0.976 bits per heavy atom. The lowest BCUT2D eigenvalue weighted by molar-refractivity contribution is -0.270. The number of nitrogens with zero attached hydrogens (tertiary/aromatic N) is 1. The molecule has 0 aromatic carbocycles. The highest BCUT2D eigenvalue weighted by Gasteiger charge is 2.45. The summed E-state index contributed by atoms with van der Waals surface area (Å²) in [5.74, 6) is -0.497. The van der Waals surface area contributed by atoms with E-state index in [1.807, 2.05) is 6.92 Å². The fraction of sp³-hybridized carbons (Fsp3) is 0.885. The van der Waals surface area contributed by atoms with Crippen molar-refractivity contribution in [3.8, 4) is 0 Å². The second-order valence-corrected chi connectivity index (χ2v) is 12.2. The van der Waals surface area contributed by atoms with E-state index in [-0.39, 0.29) is 31.6 Å². The number of aliphatic hydroxyl groups excluding tert-OH is 3. The van der Waals surface area contributed by atoms with E-state index in [1.54, 1.807) is 4.90 Å².